The van der Waals surface area contributed by atoms with Gasteiger partial charge in [-0.15, -0.1) is 0 Å². The Balaban J connectivity index is 2.45. The van der Waals surface area contributed by atoms with Crippen LogP contribution in [0, 0.1) is 0 Å². The molecule has 0 bridgehead atoms. The molecular formula is C16H12O3. The normalized spacial score (nSPS) is 11.0. The SMILES string of the molecule is CC(=O)Cc1cccc2oc3ccccc3c(=O)c12. The summed E-state index contributed by atoms with van der Waals surface area (Å²) < 4.78 is 5.74. The number of ketones is 1. The van der Waals surface area contributed by atoms with Crippen molar-refractivity contribution in [2.24, 2.45) is 0 Å². The fourth-order valence-corrected chi connectivity index (χ4v) is 2.33. The molecule has 0 aliphatic heterocycles. The summed E-state index contributed by atoms with van der Waals surface area (Å²) in [5, 5.41) is 1.06. The quantitative estimate of drug-likeness (QED) is 0.658. The van der Waals surface area contributed by atoms with E-state index in [0.29, 0.717) is 21.9 Å². The fraction of sp³-hybridized carbons (Fsp3) is 0.125. The van der Waals surface area contributed by atoms with E-state index in [0.717, 1.165) is 5.56 Å². The summed E-state index contributed by atoms with van der Waals surface area (Å²) in [6.07, 6.45) is 0.250. The third kappa shape index (κ3) is 1.93. The van der Waals surface area contributed by atoms with Gasteiger partial charge in [0.15, 0.2) is 0 Å². The summed E-state index contributed by atoms with van der Waals surface area (Å²) in [6, 6.07) is 12.5. The molecule has 0 atom stereocenters. The van der Waals surface area contributed by atoms with Gasteiger partial charge in [0.1, 0.15) is 16.9 Å². The molecule has 0 aliphatic carbocycles. The van der Waals surface area contributed by atoms with Crippen LogP contribution in [0.4, 0.5) is 0 Å². The number of fused-ring (bicyclic) bond motifs is 2. The number of hydrogen-bond donors (Lipinski definition) is 0. The summed E-state index contributed by atoms with van der Waals surface area (Å²) in [5.41, 5.74) is 1.75. The first-order valence-electron chi connectivity index (χ1n) is 6.09. The Bertz CT molecular complexity index is 843. The summed E-state index contributed by atoms with van der Waals surface area (Å²) in [6.45, 7) is 1.52. The summed E-state index contributed by atoms with van der Waals surface area (Å²) >= 11 is 0. The van der Waals surface area contributed by atoms with Crippen LogP contribution >= 0.6 is 0 Å². The van der Waals surface area contributed by atoms with E-state index in [1.165, 1.54) is 6.92 Å². The van der Waals surface area contributed by atoms with Gasteiger partial charge in [0.25, 0.3) is 0 Å². The molecule has 0 saturated heterocycles. The molecule has 1 aromatic heterocycles. The van der Waals surface area contributed by atoms with E-state index < -0.39 is 0 Å². The first-order chi connectivity index (χ1) is 9.16. The molecule has 3 heteroatoms. The summed E-state index contributed by atoms with van der Waals surface area (Å²) in [4.78, 5) is 23.8. The minimum absolute atomic E-state index is 0.0278. The minimum atomic E-state index is -0.0753. The molecular weight excluding hydrogens is 240 g/mol. The Morgan fingerprint density at radius 3 is 2.58 bits per heavy atom. The first kappa shape index (κ1) is 11.7. The second-order valence-corrected chi connectivity index (χ2v) is 4.60. The van der Waals surface area contributed by atoms with E-state index in [4.69, 9.17) is 4.42 Å². The zero-order valence-electron chi connectivity index (χ0n) is 10.5. The number of Topliss-reactive ketones (excluding diaryl/α,β-unsaturated/α-hetero) is 1. The van der Waals surface area contributed by atoms with Gasteiger partial charge in [0, 0.05) is 6.42 Å². The number of carbonyl (C=O) groups excluding carboxylic acids is 1. The van der Waals surface area contributed by atoms with Crippen molar-refractivity contribution in [3.63, 3.8) is 0 Å². The average Bonchev–Trinajstić information content (AvgIpc) is 2.38. The standard InChI is InChI=1S/C16H12O3/c1-10(17)9-11-5-4-8-14-15(11)16(18)12-6-2-3-7-13(12)19-14/h2-8H,9H2,1H3. The summed E-state index contributed by atoms with van der Waals surface area (Å²) in [5.74, 6) is 0.0278. The van der Waals surface area contributed by atoms with Gasteiger partial charge < -0.3 is 4.42 Å². The van der Waals surface area contributed by atoms with Crippen LogP contribution in [0.5, 0.6) is 0 Å². The zero-order valence-corrected chi connectivity index (χ0v) is 10.5. The number of hydrogen-bond acceptors (Lipinski definition) is 3. The first-order valence-corrected chi connectivity index (χ1v) is 6.09. The third-order valence-electron chi connectivity index (χ3n) is 3.13. The van der Waals surface area contributed by atoms with Gasteiger partial charge in [-0.3, -0.25) is 9.59 Å². The molecule has 0 fully saturated rings. The van der Waals surface area contributed by atoms with Crippen molar-refractivity contribution in [1.82, 2.24) is 0 Å². The lowest BCUT2D eigenvalue weighted by Gasteiger charge is -2.05. The molecule has 19 heavy (non-hydrogen) atoms. The highest BCUT2D eigenvalue weighted by Crippen LogP contribution is 2.21. The predicted octanol–water partition coefficient (Wildman–Crippen LogP) is 3.08. The molecule has 3 rings (SSSR count). The predicted molar refractivity (Wildman–Crippen MR) is 74.4 cm³/mol. The molecule has 0 aliphatic rings. The largest absolute Gasteiger partial charge is 0.456 e. The Morgan fingerprint density at radius 1 is 1.05 bits per heavy atom. The molecule has 0 N–H and O–H groups in total. The van der Waals surface area contributed by atoms with Crippen LogP contribution in [-0.4, -0.2) is 5.78 Å². The van der Waals surface area contributed by atoms with E-state index in [1.807, 2.05) is 6.07 Å². The van der Waals surface area contributed by atoms with Crippen molar-refractivity contribution >= 4 is 27.7 Å². The van der Waals surface area contributed by atoms with E-state index in [-0.39, 0.29) is 17.6 Å². The van der Waals surface area contributed by atoms with Crippen LogP contribution in [0.15, 0.2) is 51.7 Å². The molecule has 94 valence electrons. The molecule has 3 nitrogen and oxygen atoms in total. The molecule has 0 spiro atoms. The number of benzene rings is 2. The second kappa shape index (κ2) is 4.35. The average molecular weight is 252 g/mol. The van der Waals surface area contributed by atoms with Crippen LogP contribution in [0.2, 0.25) is 0 Å². The highest BCUT2D eigenvalue weighted by atomic mass is 16.3. The van der Waals surface area contributed by atoms with Gasteiger partial charge in [-0.2, -0.15) is 0 Å². The van der Waals surface area contributed by atoms with Crippen molar-refractivity contribution in [3.05, 3.63) is 58.3 Å². The van der Waals surface area contributed by atoms with Gasteiger partial charge in [-0.25, -0.2) is 0 Å². The number of carbonyl (C=O) groups is 1. The fourth-order valence-electron chi connectivity index (χ4n) is 2.33. The maximum Gasteiger partial charge on any atom is 0.200 e. The Kier molecular flexibility index (Phi) is 2.67. The Hall–Kier alpha value is -2.42. The van der Waals surface area contributed by atoms with Gasteiger partial charge in [0.05, 0.1) is 10.8 Å². The lowest BCUT2D eigenvalue weighted by molar-refractivity contribution is -0.116. The molecule has 0 unspecified atom stereocenters. The van der Waals surface area contributed by atoms with E-state index in [2.05, 4.69) is 0 Å². The van der Waals surface area contributed by atoms with E-state index in [1.54, 1.807) is 36.4 Å². The monoisotopic (exact) mass is 252 g/mol. The highest BCUT2D eigenvalue weighted by molar-refractivity contribution is 5.93. The second-order valence-electron chi connectivity index (χ2n) is 4.60. The number of rotatable bonds is 2. The van der Waals surface area contributed by atoms with Crippen molar-refractivity contribution in [1.29, 1.82) is 0 Å². The lowest BCUT2D eigenvalue weighted by Crippen LogP contribution is -2.07. The van der Waals surface area contributed by atoms with Crippen LogP contribution in [0.1, 0.15) is 12.5 Å². The Morgan fingerprint density at radius 2 is 1.79 bits per heavy atom. The van der Waals surface area contributed by atoms with Crippen molar-refractivity contribution in [2.75, 3.05) is 0 Å². The zero-order chi connectivity index (χ0) is 13.4. The van der Waals surface area contributed by atoms with Crippen LogP contribution in [0.25, 0.3) is 21.9 Å². The highest BCUT2D eigenvalue weighted by Gasteiger charge is 2.11. The van der Waals surface area contributed by atoms with Gasteiger partial charge in [-0.05, 0) is 30.7 Å². The van der Waals surface area contributed by atoms with E-state index >= 15 is 0 Å². The molecule has 1 heterocycles. The Labute approximate surface area is 109 Å². The van der Waals surface area contributed by atoms with E-state index in [9.17, 15) is 9.59 Å². The maximum atomic E-state index is 12.5. The van der Waals surface area contributed by atoms with Crippen LogP contribution in [-0.2, 0) is 11.2 Å². The lowest BCUT2D eigenvalue weighted by atomic mass is 10.0. The molecule has 0 saturated carbocycles. The smallest absolute Gasteiger partial charge is 0.200 e. The minimum Gasteiger partial charge on any atom is -0.456 e. The van der Waals surface area contributed by atoms with Crippen LogP contribution in [0.3, 0.4) is 0 Å². The van der Waals surface area contributed by atoms with Gasteiger partial charge in [0.2, 0.25) is 5.43 Å². The topological polar surface area (TPSA) is 47.3 Å². The van der Waals surface area contributed by atoms with Crippen molar-refractivity contribution < 1.29 is 9.21 Å². The van der Waals surface area contributed by atoms with Gasteiger partial charge >= 0.3 is 0 Å². The van der Waals surface area contributed by atoms with Gasteiger partial charge in [-0.1, -0.05) is 24.3 Å². The molecule has 2 aromatic carbocycles. The van der Waals surface area contributed by atoms with Crippen LogP contribution < -0.4 is 5.43 Å². The maximum absolute atomic E-state index is 12.5. The van der Waals surface area contributed by atoms with Crippen molar-refractivity contribution in [2.45, 2.75) is 13.3 Å². The summed E-state index contributed by atoms with van der Waals surface area (Å²) in [7, 11) is 0. The molecule has 0 amide bonds. The molecule has 0 radical (unpaired) electrons. The van der Waals surface area contributed by atoms with Crippen molar-refractivity contribution in [3.8, 4) is 0 Å². The molecule has 3 aromatic rings. The number of para-hydroxylation sites is 1. The third-order valence-corrected chi connectivity index (χ3v) is 3.13.